The molecule has 0 saturated carbocycles. The number of H-pyrrole nitrogens is 1. The van der Waals surface area contributed by atoms with E-state index < -0.39 is 0 Å². The summed E-state index contributed by atoms with van der Waals surface area (Å²) < 4.78 is 0.968. The molecule has 0 amide bonds. The molecule has 3 N–H and O–H groups in total. The third-order valence-electron chi connectivity index (χ3n) is 3.82. The van der Waals surface area contributed by atoms with Crippen LogP contribution in [0.1, 0.15) is 39.4 Å². The number of aromatic nitrogens is 3. The van der Waals surface area contributed by atoms with Crippen LogP contribution in [0.15, 0.2) is 16.7 Å². The maximum absolute atomic E-state index is 5.73. The van der Waals surface area contributed by atoms with E-state index in [1.807, 2.05) is 6.07 Å². The van der Waals surface area contributed by atoms with Gasteiger partial charge in [0.15, 0.2) is 5.65 Å². The zero-order valence-electron chi connectivity index (χ0n) is 12.4. The summed E-state index contributed by atoms with van der Waals surface area (Å²) in [5.74, 6) is 1.62. The van der Waals surface area contributed by atoms with Crippen LogP contribution in [0.3, 0.4) is 0 Å². The van der Waals surface area contributed by atoms with Crippen molar-refractivity contribution in [3.05, 3.63) is 22.6 Å². The molecular weight excluding hydrogens is 316 g/mol. The van der Waals surface area contributed by atoms with Gasteiger partial charge in [-0.3, -0.25) is 0 Å². The first-order valence-electron chi connectivity index (χ1n) is 7.10. The molecule has 0 aliphatic carbocycles. The van der Waals surface area contributed by atoms with Crippen molar-refractivity contribution in [2.75, 3.05) is 6.54 Å². The molecule has 2 aromatic rings. The zero-order valence-corrected chi connectivity index (χ0v) is 14.0. The van der Waals surface area contributed by atoms with Crippen LogP contribution in [0.4, 0.5) is 0 Å². The van der Waals surface area contributed by atoms with E-state index >= 15 is 0 Å². The van der Waals surface area contributed by atoms with Gasteiger partial charge in [0, 0.05) is 17.1 Å². The Morgan fingerprint density at radius 3 is 2.75 bits per heavy atom. The quantitative estimate of drug-likeness (QED) is 0.873. The topological polar surface area (TPSA) is 67.6 Å². The highest BCUT2D eigenvalue weighted by Crippen LogP contribution is 2.32. The number of nitrogens with zero attached hydrogens (tertiary/aromatic N) is 2. The highest BCUT2D eigenvalue weighted by Gasteiger charge is 2.23. The number of nitrogens with two attached hydrogens (primary N) is 1. The van der Waals surface area contributed by atoms with Crippen LogP contribution in [0, 0.1) is 11.3 Å². The van der Waals surface area contributed by atoms with E-state index in [1.54, 1.807) is 6.20 Å². The number of pyridine rings is 1. The highest BCUT2D eigenvalue weighted by atomic mass is 79.9. The van der Waals surface area contributed by atoms with E-state index in [2.05, 4.69) is 51.7 Å². The van der Waals surface area contributed by atoms with Gasteiger partial charge in [-0.25, -0.2) is 9.97 Å². The van der Waals surface area contributed by atoms with Gasteiger partial charge < -0.3 is 10.7 Å². The molecule has 1 atom stereocenters. The van der Waals surface area contributed by atoms with E-state index in [0.29, 0.717) is 5.92 Å². The summed E-state index contributed by atoms with van der Waals surface area (Å²) >= 11 is 3.43. The van der Waals surface area contributed by atoms with Gasteiger partial charge in [0.1, 0.15) is 5.82 Å². The first-order chi connectivity index (χ1) is 9.40. The molecule has 2 aromatic heterocycles. The predicted molar refractivity (Wildman–Crippen MR) is 86.5 cm³/mol. The first-order valence-corrected chi connectivity index (χ1v) is 7.89. The highest BCUT2D eigenvalue weighted by molar-refractivity contribution is 9.10. The molecule has 0 spiro atoms. The molecule has 2 heterocycles. The predicted octanol–water partition coefficient (Wildman–Crippen LogP) is 3.66. The van der Waals surface area contributed by atoms with Crippen LogP contribution < -0.4 is 5.73 Å². The second-order valence-corrected chi connectivity index (χ2v) is 7.30. The van der Waals surface area contributed by atoms with E-state index in [4.69, 9.17) is 5.73 Å². The van der Waals surface area contributed by atoms with E-state index in [-0.39, 0.29) is 5.41 Å². The van der Waals surface area contributed by atoms with E-state index in [0.717, 1.165) is 47.3 Å². The number of imidazole rings is 1. The Balaban J connectivity index is 2.07. The van der Waals surface area contributed by atoms with Gasteiger partial charge in [-0.05, 0) is 52.7 Å². The molecule has 0 fully saturated rings. The Morgan fingerprint density at radius 2 is 2.10 bits per heavy atom. The smallest absolute Gasteiger partial charge is 0.177 e. The van der Waals surface area contributed by atoms with Gasteiger partial charge >= 0.3 is 0 Å². The second kappa shape index (κ2) is 6.22. The summed E-state index contributed by atoms with van der Waals surface area (Å²) in [6.45, 7) is 7.59. The van der Waals surface area contributed by atoms with Gasteiger partial charge in [-0.2, -0.15) is 0 Å². The monoisotopic (exact) mass is 338 g/mol. The number of hydrogen-bond donors (Lipinski definition) is 2. The van der Waals surface area contributed by atoms with Crippen molar-refractivity contribution in [3.8, 4) is 0 Å². The Morgan fingerprint density at radius 1 is 1.35 bits per heavy atom. The van der Waals surface area contributed by atoms with E-state index in [1.165, 1.54) is 0 Å². The van der Waals surface area contributed by atoms with Crippen molar-refractivity contribution in [3.63, 3.8) is 0 Å². The van der Waals surface area contributed by atoms with Gasteiger partial charge in [0.2, 0.25) is 0 Å². The van der Waals surface area contributed by atoms with Gasteiger partial charge in [0.05, 0.1) is 5.52 Å². The molecule has 0 radical (unpaired) electrons. The van der Waals surface area contributed by atoms with Crippen LogP contribution in [-0.2, 0) is 6.42 Å². The summed E-state index contributed by atoms with van der Waals surface area (Å²) in [5.41, 5.74) is 7.79. The van der Waals surface area contributed by atoms with Gasteiger partial charge in [-0.15, -0.1) is 0 Å². The average Bonchev–Trinajstić information content (AvgIpc) is 2.74. The number of aromatic amines is 1. The average molecular weight is 339 g/mol. The fourth-order valence-corrected chi connectivity index (χ4v) is 2.90. The van der Waals surface area contributed by atoms with Crippen LogP contribution in [-0.4, -0.2) is 21.5 Å². The Hall–Kier alpha value is -0.940. The molecule has 4 nitrogen and oxygen atoms in total. The minimum Gasteiger partial charge on any atom is -0.341 e. The van der Waals surface area contributed by atoms with Crippen molar-refractivity contribution in [2.45, 2.75) is 40.0 Å². The largest absolute Gasteiger partial charge is 0.341 e. The molecular formula is C15H23BrN4. The number of halogens is 1. The van der Waals surface area contributed by atoms with Crippen LogP contribution in [0.2, 0.25) is 0 Å². The maximum atomic E-state index is 5.73. The molecule has 0 aliphatic rings. The van der Waals surface area contributed by atoms with Crippen molar-refractivity contribution >= 4 is 27.1 Å². The standard InChI is InChI=1S/C15H23BrN4/c1-15(2,3)10(6-7-17)4-5-13-19-12-8-11(16)9-18-14(12)20-13/h8-10H,4-7,17H2,1-3H3,(H,18,19,20). The molecule has 0 saturated heterocycles. The Bertz CT molecular complexity index is 571. The number of rotatable bonds is 5. The Kier molecular flexibility index (Phi) is 4.81. The summed E-state index contributed by atoms with van der Waals surface area (Å²) in [6.07, 6.45) is 4.88. The molecule has 20 heavy (non-hydrogen) atoms. The summed E-state index contributed by atoms with van der Waals surface area (Å²) in [7, 11) is 0. The zero-order chi connectivity index (χ0) is 14.8. The normalized spacial score (nSPS) is 13.8. The van der Waals surface area contributed by atoms with Crippen molar-refractivity contribution in [2.24, 2.45) is 17.1 Å². The van der Waals surface area contributed by atoms with Gasteiger partial charge in [0.25, 0.3) is 0 Å². The fraction of sp³-hybridized carbons (Fsp3) is 0.600. The lowest BCUT2D eigenvalue weighted by atomic mass is 9.76. The number of nitrogens with one attached hydrogen (secondary N) is 1. The van der Waals surface area contributed by atoms with Gasteiger partial charge in [-0.1, -0.05) is 20.8 Å². The van der Waals surface area contributed by atoms with Crippen molar-refractivity contribution in [1.29, 1.82) is 0 Å². The van der Waals surface area contributed by atoms with Crippen LogP contribution >= 0.6 is 15.9 Å². The van der Waals surface area contributed by atoms with Crippen molar-refractivity contribution in [1.82, 2.24) is 15.0 Å². The second-order valence-electron chi connectivity index (χ2n) is 6.39. The minimum absolute atomic E-state index is 0.284. The lowest BCUT2D eigenvalue weighted by Crippen LogP contribution is -2.24. The Labute approximate surface area is 128 Å². The third kappa shape index (κ3) is 3.79. The van der Waals surface area contributed by atoms with Crippen molar-refractivity contribution < 1.29 is 0 Å². The summed E-state index contributed by atoms with van der Waals surface area (Å²) in [5, 5.41) is 0. The first kappa shape index (κ1) is 15.4. The molecule has 0 bridgehead atoms. The minimum atomic E-state index is 0.284. The SMILES string of the molecule is CC(C)(C)C(CCN)CCc1nc2ncc(Br)cc2[nH]1. The lowest BCUT2D eigenvalue weighted by molar-refractivity contribution is 0.214. The summed E-state index contributed by atoms with van der Waals surface area (Å²) in [4.78, 5) is 12.2. The molecule has 2 rings (SSSR count). The molecule has 1 unspecified atom stereocenters. The molecule has 110 valence electrons. The van der Waals surface area contributed by atoms with Crippen LogP contribution in [0.5, 0.6) is 0 Å². The number of fused-ring (bicyclic) bond motifs is 1. The molecule has 5 heteroatoms. The summed E-state index contributed by atoms with van der Waals surface area (Å²) in [6, 6.07) is 2.01. The maximum Gasteiger partial charge on any atom is 0.177 e. The van der Waals surface area contributed by atoms with Crippen LogP contribution in [0.25, 0.3) is 11.2 Å². The number of hydrogen-bond acceptors (Lipinski definition) is 3. The molecule has 0 aliphatic heterocycles. The lowest BCUT2D eigenvalue weighted by Gasteiger charge is -2.30. The molecule has 0 aromatic carbocycles. The number of aryl methyl sites for hydroxylation is 1. The third-order valence-corrected chi connectivity index (χ3v) is 4.26. The van der Waals surface area contributed by atoms with E-state index in [9.17, 15) is 0 Å². The fourth-order valence-electron chi connectivity index (χ4n) is 2.57.